The average Bonchev–Trinajstić information content (AvgIpc) is 2.84. The molecule has 3 aromatic carbocycles. The molecule has 0 bridgehead atoms. The van der Waals surface area contributed by atoms with E-state index in [1.807, 2.05) is 0 Å². The first kappa shape index (κ1) is 30.8. The van der Waals surface area contributed by atoms with E-state index in [9.17, 15) is 44.0 Å². The summed E-state index contributed by atoms with van der Waals surface area (Å²) in [6, 6.07) is 6.39. The number of aromatic nitrogens is 2. The van der Waals surface area contributed by atoms with E-state index in [1.165, 1.54) is 6.07 Å². The average molecular weight is 685 g/mol. The van der Waals surface area contributed by atoms with Crippen LogP contribution in [0.5, 0.6) is 5.75 Å². The lowest BCUT2D eigenvalue weighted by atomic mass is 10.1. The first-order valence-corrected chi connectivity index (χ1v) is 15.7. The summed E-state index contributed by atoms with van der Waals surface area (Å²) in [5.41, 5.74) is -1.16. The molecular weight excluding hydrogens is 673 g/mol. The summed E-state index contributed by atoms with van der Waals surface area (Å²) in [4.78, 5) is 4.75. The molecule has 0 amide bonds. The Labute approximate surface area is 245 Å². The number of azo groups is 1. The van der Waals surface area contributed by atoms with Crippen molar-refractivity contribution in [1.82, 2.24) is 9.97 Å². The lowest BCUT2D eigenvalue weighted by Gasteiger charge is -2.11. The van der Waals surface area contributed by atoms with Crippen molar-refractivity contribution >= 4 is 98.8 Å². The van der Waals surface area contributed by atoms with Crippen molar-refractivity contribution in [2.24, 2.45) is 10.2 Å². The molecule has 0 aliphatic rings. The number of hydrogen-bond acceptors (Lipinski definition) is 12. The molecule has 0 unspecified atom stereocenters. The van der Waals surface area contributed by atoms with Gasteiger partial charge in [-0.15, -0.1) is 10.2 Å². The van der Waals surface area contributed by atoms with Crippen LogP contribution in [-0.4, -0.2) is 54.0 Å². The lowest BCUT2D eigenvalue weighted by molar-refractivity contribution is 0.477. The third kappa shape index (κ3) is 6.66. The van der Waals surface area contributed by atoms with E-state index in [0.29, 0.717) is 6.07 Å². The Morgan fingerprint density at radius 1 is 0.756 bits per heavy atom. The van der Waals surface area contributed by atoms with Gasteiger partial charge in [0.1, 0.15) is 31.9 Å². The van der Waals surface area contributed by atoms with Crippen LogP contribution < -0.4 is 5.32 Å². The topological polar surface area (TPSA) is 246 Å². The predicted octanol–water partition coefficient (Wildman–Crippen LogP) is 5.19. The molecule has 1 aromatic heterocycles. The van der Waals surface area contributed by atoms with Crippen LogP contribution in [-0.2, 0) is 30.4 Å². The second kappa shape index (κ2) is 10.9. The standard InChI is InChI=1S/C20H12Cl3N5O10S3/c21-16-18(22)25-20(23)26-19(16)24-9-2-4-13(40(33,34)35)11(6-9)27-28-17-12(29)3-1-8-5-10(39(30,31)32)7-14(15(8)17)41(36,37)38/h1-7,29H,(H,24,25,26)(H,30,31,32)(H,33,34,35)(H,36,37,38). The highest BCUT2D eigenvalue weighted by Gasteiger charge is 2.24. The first-order valence-electron chi connectivity index (χ1n) is 10.3. The smallest absolute Gasteiger partial charge is 0.296 e. The van der Waals surface area contributed by atoms with Gasteiger partial charge in [0.05, 0.1) is 4.90 Å². The van der Waals surface area contributed by atoms with Crippen molar-refractivity contribution in [3.63, 3.8) is 0 Å². The molecule has 4 aromatic rings. The van der Waals surface area contributed by atoms with Crippen molar-refractivity contribution in [2.75, 3.05) is 5.32 Å². The maximum absolute atomic E-state index is 12.1. The van der Waals surface area contributed by atoms with Crippen molar-refractivity contribution in [2.45, 2.75) is 14.7 Å². The van der Waals surface area contributed by atoms with Gasteiger partial charge in [0.15, 0.2) is 11.0 Å². The number of benzene rings is 3. The minimum absolute atomic E-state index is 0.0534. The molecule has 21 heteroatoms. The van der Waals surface area contributed by atoms with Gasteiger partial charge in [-0.2, -0.15) is 30.2 Å². The molecule has 0 fully saturated rings. The molecule has 0 aliphatic carbocycles. The van der Waals surface area contributed by atoms with Crippen LogP contribution >= 0.6 is 34.8 Å². The molecule has 0 saturated heterocycles. The van der Waals surface area contributed by atoms with E-state index in [0.717, 1.165) is 30.3 Å². The zero-order valence-corrected chi connectivity index (χ0v) is 24.1. The van der Waals surface area contributed by atoms with Gasteiger partial charge < -0.3 is 10.4 Å². The van der Waals surface area contributed by atoms with Crippen LogP contribution in [0.1, 0.15) is 0 Å². The Hall–Kier alpha value is -3.20. The molecule has 41 heavy (non-hydrogen) atoms. The molecule has 0 aliphatic heterocycles. The van der Waals surface area contributed by atoms with E-state index in [-0.39, 0.29) is 32.4 Å². The predicted molar refractivity (Wildman–Crippen MR) is 146 cm³/mol. The van der Waals surface area contributed by atoms with Crippen LogP contribution in [0.4, 0.5) is 22.9 Å². The maximum atomic E-state index is 12.1. The first-order chi connectivity index (χ1) is 18.9. The highest BCUT2D eigenvalue weighted by atomic mass is 35.5. The Morgan fingerprint density at radius 3 is 2.02 bits per heavy atom. The third-order valence-corrected chi connectivity index (χ3v) is 8.63. The van der Waals surface area contributed by atoms with E-state index >= 15 is 0 Å². The van der Waals surface area contributed by atoms with Gasteiger partial charge in [0, 0.05) is 11.1 Å². The number of aromatic hydroxyl groups is 1. The number of fused-ring (bicyclic) bond motifs is 1. The number of halogens is 3. The second-order valence-electron chi connectivity index (χ2n) is 7.83. The molecular formula is C20H12Cl3N5O10S3. The van der Waals surface area contributed by atoms with Gasteiger partial charge in [-0.3, -0.25) is 13.7 Å². The number of rotatable bonds is 7. The molecule has 0 spiro atoms. The highest BCUT2D eigenvalue weighted by Crippen LogP contribution is 2.42. The van der Waals surface area contributed by atoms with E-state index in [4.69, 9.17) is 34.8 Å². The summed E-state index contributed by atoms with van der Waals surface area (Å²) >= 11 is 17.7. The van der Waals surface area contributed by atoms with Gasteiger partial charge in [-0.1, -0.05) is 29.3 Å². The quantitative estimate of drug-likeness (QED) is 0.0728. The fourth-order valence-corrected chi connectivity index (χ4v) is 5.92. The summed E-state index contributed by atoms with van der Waals surface area (Å²) in [6.45, 7) is 0. The number of hydrogen-bond donors (Lipinski definition) is 5. The Morgan fingerprint density at radius 2 is 1.41 bits per heavy atom. The maximum Gasteiger partial charge on any atom is 0.296 e. The normalized spacial score (nSPS) is 12.7. The lowest BCUT2D eigenvalue weighted by Crippen LogP contribution is -2.04. The van der Waals surface area contributed by atoms with Crippen molar-refractivity contribution in [3.8, 4) is 5.75 Å². The molecule has 0 radical (unpaired) electrons. The molecule has 1 heterocycles. The molecule has 5 N–H and O–H groups in total. The van der Waals surface area contributed by atoms with E-state index < -0.39 is 67.6 Å². The van der Waals surface area contributed by atoms with Gasteiger partial charge in [-0.25, -0.2) is 4.98 Å². The van der Waals surface area contributed by atoms with Crippen LogP contribution in [0.15, 0.2) is 67.4 Å². The zero-order chi connectivity index (χ0) is 30.5. The number of nitrogens with one attached hydrogen (secondary N) is 1. The minimum atomic E-state index is -5.20. The largest absolute Gasteiger partial charge is 0.506 e. The Bertz CT molecular complexity index is 2110. The number of nitrogens with zero attached hydrogens (tertiary/aromatic N) is 4. The summed E-state index contributed by atoms with van der Waals surface area (Å²) in [5.74, 6) is -0.830. The molecule has 0 saturated carbocycles. The van der Waals surface area contributed by atoms with Crippen LogP contribution in [0, 0.1) is 0 Å². The van der Waals surface area contributed by atoms with Gasteiger partial charge in [-0.05, 0) is 53.4 Å². The Kier molecular flexibility index (Phi) is 8.17. The third-order valence-electron chi connectivity index (χ3n) is 5.12. The number of anilines is 2. The van der Waals surface area contributed by atoms with E-state index in [2.05, 4.69) is 25.5 Å². The van der Waals surface area contributed by atoms with Gasteiger partial charge in [0.25, 0.3) is 30.4 Å². The monoisotopic (exact) mass is 683 g/mol. The van der Waals surface area contributed by atoms with Crippen LogP contribution in [0.3, 0.4) is 0 Å². The van der Waals surface area contributed by atoms with Gasteiger partial charge in [0.2, 0.25) is 5.28 Å². The van der Waals surface area contributed by atoms with E-state index in [1.54, 1.807) is 0 Å². The number of phenolic OH excluding ortho intramolecular Hbond substituents is 1. The summed E-state index contributed by atoms with van der Waals surface area (Å²) in [5, 5.41) is 19.2. The second-order valence-corrected chi connectivity index (χ2v) is 13.1. The van der Waals surface area contributed by atoms with Crippen molar-refractivity contribution < 1.29 is 44.0 Å². The summed E-state index contributed by atoms with van der Waals surface area (Å²) < 4.78 is 100. The molecule has 4 rings (SSSR count). The summed E-state index contributed by atoms with van der Waals surface area (Å²) in [7, 11) is -15.1. The Balaban J connectivity index is 1.94. The van der Waals surface area contributed by atoms with Crippen molar-refractivity contribution in [3.05, 3.63) is 57.9 Å². The molecule has 0 atom stereocenters. The van der Waals surface area contributed by atoms with Gasteiger partial charge >= 0.3 is 0 Å². The van der Waals surface area contributed by atoms with Crippen LogP contribution in [0.25, 0.3) is 10.8 Å². The fraction of sp³-hybridized carbons (Fsp3) is 0. The molecule has 15 nitrogen and oxygen atoms in total. The number of phenols is 1. The summed E-state index contributed by atoms with van der Waals surface area (Å²) in [6.07, 6.45) is 0. The zero-order valence-electron chi connectivity index (χ0n) is 19.4. The SMILES string of the molecule is O=S(=O)(O)c1cc(S(=O)(=O)O)c2c(N=Nc3cc(Nc4nc(Cl)nc(Cl)c4Cl)ccc3S(=O)(=O)O)c(O)ccc2c1. The molecule has 216 valence electrons. The fourth-order valence-electron chi connectivity index (χ4n) is 3.43. The van der Waals surface area contributed by atoms with Crippen LogP contribution in [0.2, 0.25) is 15.5 Å². The van der Waals surface area contributed by atoms with Crippen molar-refractivity contribution in [1.29, 1.82) is 0 Å². The highest BCUT2D eigenvalue weighted by molar-refractivity contribution is 7.87. The minimum Gasteiger partial charge on any atom is -0.506 e.